The summed E-state index contributed by atoms with van der Waals surface area (Å²) in [5.41, 5.74) is 0.500. The topological polar surface area (TPSA) is 17.1 Å². The Morgan fingerprint density at radius 1 is 1.35 bits per heavy atom. The lowest BCUT2D eigenvalue weighted by atomic mass is 9.91. The molecule has 1 aromatic carbocycles. The number of Topliss-reactive ketones (excluding diaryl/α,β-unsaturated/α-hetero) is 1. The Bertz CT molecular complexity index is 360. The highest BCUT2D eigenvalue weighted by Gasteiger charge is 2.13. The van der Waals surface area contributed by atoms with Gasteiger partial charge in [-0.1, -0.05) is 51.7 Å². The number of benzene rings is 1. The second-order valence-electron chi connectivity index (χ2n) is 4.55. The highest BCUT2D eigenvalue weighted by molar-refractivity contribution is 5.96. The first-order valence-electron chi connectivity index (χ1n) is 6.46. The molecule has 1 rings (SSSR count). The Kier molecular flexibility index (Phi) is 5.88. The van der Waals surface area contributed by atoms with Crippen molar-refractivity contribution in [2.24, 2.45) is 5.92 Å². The highest BCUT2D eigenvalue weighted by atomic mass is 19.1. The van der Waals surface area contributed by atoms with E-state index in [9.17, 15) is 9.18 Å². The van der Waals surface area contributed by atoms with Gasteiger partial charge in [0.2, 0.25) is 0 Å². The molecule has 0 heterocycles. The summed E-state index contributed by atoms with van der Waals surface area (Å²) < 4.78 is 13.0. The fraction of sp³-hybridized carbons (Fsp3) is 0.533. The third-order valence-electron chi connectivity index (χ3n) is 3.16. The molecule has 94 valence electrons. The second-order valence-corrected chi connectivity index (χ2v) is 4.55. The largest absolute Gasteiger partial charge is 0.294 e. The SMILES string of the molecule is CCCCC(CC)CC(=O)c1cccc(F)c1. The van der Waals surface area contributed by atoms with Crippen molar-refractivity contribution < 1.29 is 9.18 Å². The zero-order valence-electron chi connectivity index (χ0n) is 10.7. The Hall–Kier alpha value is -1.18. The molecule has 0 saturated carbocycles. The van der Waals surface area contributed by atoms with Crippen LogP contribution >= 0.6 is 0 Å². The van der Waals surface area contributed by atoms with Crippen molar-refractivity contribution in [3.8, 4) is 0 Å². The first-order chi connectivity index (χ1) is 8.17. The van der Waals surface area contributed by atoms with Crippen LogP contribution in [-0.4, -0.2) is 5.78 Å². The predicted molar refractivity (Wildman–Crippen MR) is 68.7 cm³/mol. The van der Waals surface area contributed by atoms with Crippen LogP contribution in [0.1, 0.15) is 56.3 Å². The molecule has 0 aliphatic carbocycles. The van der Waals surface area contributed by atoms with E-state index in [1.807, 2.05) is 0 Å². The number of unbranched alkanes of at least 4 members (excludes halogenated alkanes) is 1. The van der Waals surface area contributed by atoms with Crippen LogP contribution in [0.25, 0.3) is 0 Å². The van der Waals surface area contributed by atoms with Gasteiger partial charge in [-0.3, -0.25) is 4.79 Å². The van der Waals surface area contributed by atoms with Gasteiger partial charge in [-0.15, -0.1) is 0 Å². The van der Waals surface area contributed by atoms with Crippen LogP contribution in [0.4, 0.5) is 4.39 Å². The summed E-state index contributed by atoms with van der Waals surface area (Å²) in [5.74, 6) is 0.163. The van der Waals surface area contributed by atoms with Crippen LogP contribution in [0.15, 0.2) is 24.3 Å². The zero-order valence-corrected chi connectivity index (χ0v) is 10.7. The molecule has 0 saturated heterocycles. The Labute approximate surface area is 103 Å². The molecule has 0 aliphatic rings. The number of halogens is 1. The van der Waals surface area contributed by atoms with Crippen LogP contribution < -0.4 is 0 Å². The van der Waals surface area contributed by atoms with E-state index in [-0.39, 0.29) is 11.6 Å². The normalized spacial score (nSPS) is 12.4. The summed E-state index contributed by atoms with van der Waals surface area (Å²) >= 11 is 0. The molecule has 1 atom stereocenters. The summed E-state index contributed by atoms with van der Waals surface area (Å²) in [6.45, 7) is 4.26. The molecule has 1 aromatic rings. The number of ketones is 1. The average Bonchev–Trinajstić information content (AvgIpc) is 2.34. The quantitative estimate of drug-likeness (QED) is 0.631. The van der Waals surface area contributed by atoms with Crippen molar-refractivity contribution in [1.29, 1.82) is 0 Å². The van der Waals surface area contributed by atoms with Crippen LogP contribution in [0.3, 0.4) is 0 Å². The summed E-state index contributed by atoms with van der Waals surface area (Å²) in [6.07, 6.45) is 4.97. The number of hydrogen-bond donors (Lipinski definition) is 0. The van der Waals surface area contributed by atoms with Crippen molar-refractivity contribution >= 4 is 5.78 Å². The van der Waals surface area contributed by atoms with Gasteiger partial charge in [0.1, 0.15) is 5.82 Å². The highest BCUT2D eigenvalue weighted by Crippen LogP contribution is 2.19. The minimum absolute atomic E-state index is 0.0625. The van der Waals surface area contributed by atoms with Crippen LogP contribution in [0.2, 0.25) is 0 Å². The molecule has 0 amide bonds. The maximum absolute atomic E-state index is 13.0. The number of carbonyl (C=O) groups is 1. The molecule has 0 bridgehead atoms. The molecule has 0 fully saturated rings. The third kappa shape index (κ3) is 4.68. The van der Waals surface area contributed by atoms with E-state index < -0.39 is 0 Å². The summed E-state index contributed by atoms with van der Waals surface area (Å²) in [5, 5.41) is 0. The predicted octanol–water partition coefficient (Wildman–Crippen LogP) is 4.61. The number of hydrogen-bond acceptors (Lipinski definition) is 1. The number of rotatable bonds is 7. The van der Waals surface area contributed by atoms with Gasteiger partial charge in [0.25, 0.3) is 0 Å². The van der Waals surface area contributed by atoms with Crippen LogP contribution in [0.5, 0.6) is 0 Å². The van der Waals surface area contributed by atoms with E-state index in [1.54, 1.807) is 12.1 Å². The zero-order chi connectivity index (χ0) is 12.7. The summed E-state index contributed by atoms with van der Waals surface area (Å²) in [7, 11) is 0. The van der Waals surface area contributed by atoms with Gasteiger partial charge < -0.3 is 0 Å². The fourth-order valence-electron chi connectivity index (χ4n) is 1.99. The van der Waals surface area contributed by atoms with Crippen molar-refractivity contribution in [2.75, 3.05) is 0 Å². The van der Waals surface area contributed by atoms with Gasteiger partial charge in [0, 0.05) is 12.0 Å². The van der Waals surface area contributed by atoms with Gasteiger partial charge in [-0.05, 0) is 18.1 Å². The van der Waals surface area contributed by atoms with E-state index >= 15 is 0 Å². The maximum Gasteiger partial charge on any atom is 0.163 e. The van der Waals surface area contributed by atoms with Crippen molar-refractivity contribution in [3.05, 3.63) is 35.6 Å². The third-order valence-corrected chi connectivity index (χ3v) is 3.16. The Morgan fingerprint density at radius 2 is 2.12 bits per heavy atom. The molecule has 0 radical (unpaired) electrons. The van der Waals surface area contributed by atoms with E-state index in [0.717, 1.165) is 25.7 Å². The van der Waals surface area contributed by atoms with Gasteiger partial charge in [0.15, 0.2) is 5.78 Å². The van der Waals surface area contributed by atoms with Crippen molar-refractivity contribution in [2.45, 2.75) is 46.0 Å². The summed E-state index contributed by atoms with van der Waals surface area (Å²) in [6, 6.07) is 5.98. The minimum Gasteiger partial charge on any atom is -0.294 e. The molecule has 2 heteroatoms. The van der Waals surface area contributed by atoms with Crippen molar-refractivity contribution in [1.82, 2.24) is 0 Å². The monoisotopic (exact) mass is 236 g/mol. The lowest BCUT2D eigenvalue weighted by Crippen LogP contribution is -2.08. The van der Waals surface area contributed by atoms with E-state index in [2.05, 4.69) is 13.8 Å². The molecule has 17 heavy (non-hydrogen) atoms. The first-order valence-corrected chi connectivity index (χ1v) is 6.46. The molecular formula is C15H21FO. The van der Waals surface area contributed by atoms with Gasteiger partial charge in [0.05, 0.1) is 0 Å². The minimum atomic E-state index is -0.336. The molecule has 0 aromatic heterocycles. The summed E-state index contributed by atoms with van der Waals surface area (Å²) in [4.78, 5) is 12.0. The van der Waals surface area contributed by atoms with Crippen molar-refractivity contribution in [3.63, 3.8) is 0 Å². The molecule has 0 spiro atoms. The van der Waals surface area contributed by atoms with E-state index in [0.29, 0.717) is 17.9 Å². The maximum atomic E-state index is 13.0. The molecule has 1 unspecified atom stereocenters. The number of carbonyl (C=O) groups excluding carboxylic acids is 1. The molecular weight excluding hydrogens is 215 g/mol. The van der Waals surface area contributed by atoms with Gasteiger partial charge in [-0.2, -0.15) is 0 Å². The van der Waals surface area contributed by atoms with Gasteiger partial charge in [-0.25, -0.2) is 4.39 Å². The van der Waals surface area contributed by atoms with E-state index in [4.69, 9.17) is 0 Å². The van der Waals surface area contributed by atoms with Crippen LogP contribution in [0, 0.1) is 11.7 Å². The van der Waals surface area contributed by atoms with Crippen LogP contribution in [-0.2, 0) is 0 Å². The second kappa shape index (κ2) is 7.21. The molecule has 0 aliphatic heterocycles. The van der Waals surface area contributed by atoms with Gasteiger partial charge >= 0.3 is 0 Å². The first kappa shape index (κ1) is 13.9. The average molecular weight is 236 g/mol. The standard InChI is InChI=1S/C15H21FO/c1-3-5-7-12(4-2)10-15(17)13-8-6-9-14(16)11-13/h6,8-9,11-12H,3-5,7,10H2,1-2H3. The lowest BCUT2D eigenvalue weighted by molar-refractivity contribution is 0.0956. The molecule has 1 nitrogen and oxygen atoms in total. The van der Waals surface area contributed by atoms with E-state index in [1.165, 1.54) is 12.1 Å². The fourth-order valence-corrected chi connectivity index (χ4v) is 1.99. The Balaban J connectivity index is 2.58. The lowest BCUT2D eigenvalue weighted by Gasteiger charge is -2.13. The molecule has 0 N–H and O–H groups in total. The Morgan fingerprint density at radius 3 is 2.71 bits per heavy atom. The smallest absolute Gasteiger partial charge is 0.163 e.